The van der Waals surface area contributed by atoms with Crippen molar-refractivity contribution < 1.29 is 4.79 Å². The first kappa shape index (κ1) is 12.0. The Morgan fingerprint density at radius 3 is 2.70 bits per heavy atom. The standard InChI is InChI=1S/C16H16N2OS/c19-15-13-11-8-4-5-9-12(11)20-16(13)18-14(17-15)10-6-2-1-3-7-10/h1-3,6-7,14,18H,4-5,8-9H2,(H,17,19)/t14-/m1/s1. The molecule has 0 unspecified atom stereocenters. The lowest BCUT2D eigenvalue weighted by Gasteiger charge is -2.26. The second kappa shape index (κ2) is 4.63. The first-order chi connectivity index (χ1) is 9.83. The van der Waals surface area contributed by atoms with Crippen LogP contribution in [0.4, 0.5) is 5.00 Å². The minimum atomic E-state index is -0.115. The third kappa shape index (κ3) is 1.83. The summed E-state index contributed by atoms with van der Waals surface area (Å²) in [6.07, 6.45) is 4.50. The Bertz CT molecular complexity index is 663. The topological polar surface area (TPSA) is 41.1 Å². The molecule has 1 aromatic carbocycles. The molecule has 2 aliphatic rings. The number of benzene rings is 1. The Balaban J connectivity index is 1.73. The first-order valence-corrected chi connectivity index (χ1v) is 7.91. The van der Waals surface area contributed by atoms with Crippen molar-refractivity contribution in [3.05, 3.63) is 51.9 Å². The van der Waals surface area contributed by atoms with E-state index in [-0.39, 0.29) is 12.1 Å². The van der Waals surface area contributed by atoms with Crippen LogP contribution in [0.5, 0.6) is 0 Å². The van der Waals surface area contributed by atoms with E-state index in [1.807, 2.05) is 30.3 Å². The molecule has 0 bridgehead atoms. The van der Waals surface area contributed by atoms with Gasteiger partial charge in [0.25, 0.3) is 5.91 Å². The highest BCUT2D eigenvalue weighted by atomic mass is 32.1. The number of aryl methyl sites for hydroxylation is 1. The van der Waals surface area contributed by atoms with E-state index < -0.39 is 0 Å². The van der Waals surface area contributed by atoms with Crippen molar-refractivity contribution in [2.45, 2.75) is 31.8 Å². The quantitative estimate of drug-likeness (QED) is 0.841. The molecule has 0 radical (unpaired) electrons. The van der Waals surface area contributed by atoms with Crippen LogP contribution >= 0.6 is 11.3 Å². The average molecular weight is 284 g/mol. The van der Waals surface area contributed by atoms with E-state index in [4.69, 9.17) is 0 Å². The van der Waals surface area contributed by atoms with E-state index >= 15 is 0 Å². The summed E-state index contributed by atoms with van der Waals surface area (Å²) in [6.45, 7) is 0. The Labute approximate surface area is 122 Å². The molecule has 0 saturated carbocycles. The number of amides is 1. The molecule has 2 N–H and O–H groups in total. The summed E-state index contributed by atoms with van der Waals surface area (Å²) in [5.74, 6) is 0.0759. The molecular formula is C16H16N2OS. The number of carbonyl (C=O) groups is 1. The van der Waals surface area contributed by atoms with Gasteiger partial charge in [-0.2, -0.15) is 0 Å². The zero-order valence-corrected chi connectivity index (χ0v) is 11.9. The highest BCUT2D eigenvalue weighted by Crippen LogP contribution is 2.41. The number of fused-ring (bicyclic) bond motifs is 3. The monoisotopic (exact) mass is 284 g/mol. The van der Waals surface area contributed by atoms with Gasteiger partial charge in [-0.05, 0) is 36.8 Å². The van der Waals surface area contributed by atoms with Crippen molar-refractivity contribution in [3.8, 4) is 0 Å². The molecule has 0 fully saturated rings. The van der Waals surface area contributed by atoms with Crippen molar-refractivity contribution in [3.63, 3.8) is 0 Å². The Morgan fingerprint density at radius 1 is 1.05 bits per heavy atom. The minimum Gasteiger partial charge on any atom is -0.353 e. The summed E-state index contributed by atoms with van der Waals surface area (Å²) in [7, 11) is 0. The second-order valence-electron chi connectivity index (χ2n) is 5.38. The van der Waals surface area contributed by atoms with Crippen LogP contribution in [0.25, 0.3) is 0 Å². The number of anilines is 1. The number of thiophene rings is 1. The lowest BCUT2D eigenvalue weighted by atomic mass is 9.94. The van der Waals surface area contributed by atoms with E-state index in [1.165, 1.54) is 23.3 Å². The van der Waals surface area contributed by atoms with Crippen molar-refractivity contribution in [2.24, 2.45) is 0 Å². The molecule has 2 aromatic rings. The third-order valence-corrected chi connectivity index (χ3v) is 5.31. The van der Waals surface area contributed by atoms with Crippen molar-refractivity contribution in [2.75, 3.05) is 5.32 Å². The van der Waals surface area contributed by atoms with E-state index in [2.05, 4.69) is 10.6 Å². The summed E-state index contributed by atoms with van der Waals surface area (Å²) in [5, 5.41) is 7.62. The Hall–Kier alpha value is -1.81. The van der Waals surface area contributed by atoms with Crippen molar-refractivity contribution in [1.29, 1.82) is 0 Å². The van der Waals surface area contributed by atoms with Gasteiger partial charge in [0.2, 0.25) is 0 Å². The Kier molecular flexibility index (Phi) is 2.77. The van der Waals surface area contributed by atoms with Crippen LogP contribution in [-0.2, 0) is 12.8 Å². The molecule has 1 aromatic heterocycles. The van der Waals surface area contributed by atoms with Crippen molar-refractivity contribution >= 4 is 22.2 Å². The van der Waals surface area contributed by atoms with Crippen LogP contribution in [0.2, 0.25) is 0 Å². The molecular weight excluding hydrogens is 268 g/mol. The molecule has 1 atom stereocenters. The number of hydrogen-bond acceptors (Lipinski definition) is 3. The summed E-state index contributed by atoms with van der Waals surface area (Å²) in [4.78, 5) is 13.9. The molecule has 1 amide bonds. The fraction of sp³-hybridized carbons (Fsp3) is 0.312. The highest BCUT2D eigenvalue weighted by Gasteiger charge is 2.31. The molecule has 1 aliphatic heterocycles. The highest BCUT2D eigenvalue weighted by molar-refractivity contribution is 7.16. The van der Waals surface area contributed by atoms with Gasteiger partial charge in [-0.15, -0.1) is 11.3 Å². The van der Waals surface area contributed by atoms with Crippen LogP contribution in [0.3, 0.4) is 0 Å². The van der Waals surface area contributed by atoms with Gasteiger partial charge < -0.3 is 10.6 Å². The zero-order chi connectivity index (χ0) is 13.5. The SMILES string of the molecule is O=C1N[C@@H](c2ccccc2)Nc2sc3c(c21)CCCC3. The van der Waals surface area contributed by atoms with E-state index in [1.54, 1.807) is 11.3 Å². The first-order valence-electron chi connectivity index (χ1n) is 7.10. The van der Waals surface area contributed by atoms with E-state index in [0.29, 0.717) is 0 Å². The number of nitrogens with one attached hydrogen (secondary N) is 2. The number of hydrogen-bond donors (Lipinski definition) is 2. The number of rotatable bonds is 1. The van der Waals surface area contributed by atoms with E-state index in [0.717, 1.165) is 29.0 Å². The smallest absolute Gasteiger partial charge is 0.256 e. The molecule has 20 heavy (non-hydrogen) atoms. The van der Waals surface area contributed by atoms with Crippen LogP contribution in [0.15, 0.2) is 30.3 Å². The Morgan fingerprint density at radius 2 is 1.85 bits per heavy atom. The van der Waals surface area contributed by atoms with Gasteiger partial charge in [-0.3, -0.25) is 4.79 Å². The average Bonchev–Trinajstić information content (AvgIpc) is 2.87. The summed E-state index contributed by atoms with van der Waals surface area (Å²) >= 11 is 1.77. The zero-order valence-electron chi connectivity index (χ0n) is 11.1. The van der Waals surface area contributed by atoms with E-state index in [9.17, 15) is 4.79 Å². The molecule has 4 heteroatoms. The lowest BCUT2D eigenvalue weighted by molar-refractivity contribution is 0.0935. The maximum atomic E-state index is 12.5. The molecule has 4 rings (SSSR count). The lowest BCUT2D eigenvalue weighted by Crippen LogP contribution is -2.38. The predicted octanol–water partition coefficient (Wildman–Crippen LogP) is 3.48. The summed E-state index contributed by atoms with van der Waals surface area (Å²) < 4.78 is 0. The molecule has 102 valence electrons. The predicted molar refractivity (Wildman–Crippen MR) is 81.2 cm³/mol. The molecule has 0 spiro atoms. The van der Waals surface area contributed by atoms with Gasteiger partial charge in [-0.1, -0.05) is 30.3 Å². The molecule has 3 nitrogen and oxygen atoms in total. The van der Waals surface area contributed by atoms with Crippen LogP contribution in [-0.4, -0.2) is 5.91 Å². The van der Waals surface area contributed by atoms with Crippen LogP contribution in [0.1, 0.15) is 45.4 Å². The fourth-order valence-electron chi connectivity index (χ4n) is 3.09. The third-order valence-electron chi connectivity index (χ3n) is 4.08. The molecule has 0 saturated heterocycles. The maximum Gasteiger partial charge on any atom is 0.256 e. The normalized spacial score (nSPS) is 20.6. The minimum absolute atomic E-state index is 0.0759. The van der Waals surface area contributed by atoms with Crippen LogP contribution in [0, 0.1) is 0 Å². The van der Waals surface area contributed by atoms with Gasteiger partial charge >= 0.3 is 0 Å². The van der Waals surface area contributed by atoms with Gasteiger partial charge in [-0.25, -0.2) is 0 Å². The number of carbonyl (C=O) groups excluding carboxylic acids is 1. The molecule has 1 aliphatic carbocycles. The summed E-state index contributed by atoms with van der Waals surface area (Å²) in [5.41, 5.74) is 3.28. The molecule has 2 heterocycles. The maximum absolute atomic E-state index is 12.5. The van der Waals surface area contributed by atoms with Crippen molar-refractivity contribution in [1.82, 2.24) is 5.32 Å². The largest absolute Gasteiger partial charge is 0.353 e. The second-order valence-corrected chi connectivity index (χ2v) is 6.48. The van der Waals surface area contributed by atoms with Gasteiger partial charge in [0.15, 0.2) is 0 Å². The van der Waals surface area contributed by atoms with Gasteiger partial charge in [0.05, 0.1) is 5.56 Å². The van der Waals surface area contributed by atoms with Gasteiger partial charge in [0.1, 0.15) is 11.2 Å². The van der Waals surface area contributed by atoms with Crippen LogP contribution < -0.4 is 10.6 Å². The van der Waals surface area contributed by atoms with Gasteiger partial charge in [0, 0.05) is 4.88 Å². The summed E-state index contributed by atoms with van der Waals surface area (Å²) in [6, 6.07) is 10.1. The fourth-order valence-corrected chi connectivity index (χ4v) is 4.41.